The number of carboxylic acids is 1. The summed E-state index contributed by atoms with van der Waals surface area (Å²) in [5.41, 5.74) is 1.98. The van der Waals surface area contributed by atoms with E-state index in [1.807, 2.05) is 0 Å². The fourth-order valence-corrected chi connectivity index (χ4v) is 2.06. The minimum atomic E-state index is -0.981. The van der Waals surface area contributed by atoms with Gasteiger partial charge in [0, 0.05) is 13.1 Å². The SMILES string of the molecule is O=C(O)c1ccc2c(c1)CN(C(=O)c1nn[nH]n1)C2. The second kappa shape index (κ2) is 4.16. The van der Waals surface area contributed by atoms with E-state index in [4.69, 9.17) is 5.11 Å². The Kier molecular flexibility index (Phi) is 2.48. The molecule has 0 aliphatic carbocycles. The van der Waals surface area contributed by atoms with Crippen LogP contribution in [0.25, 0.3) is 0 Å². The molecule has 2 aromatic rings. The molecular weight excluding hydrogens is 250 g/mol. The molecule has 0 saturated carbocycles. The third kappa shape index (κ3) is 1.92. The van der Waals surface area contributed by atoms with Crippen molar-refractivity contribution in [2.45, 2.75) is 13.1 Å². The molecule has 1 aliphatic rings. The third-order valence-electron chi connectivity index (χ3n) is 3.00. The minimum absolute atomic E-state index is 0.00580. The lowest BCUT2D eigenvalue weighted by Gasteiger charge is -2.11. The number of aromatic carboxylic acids is 1. The molecule has 0 saturated heterocycles. The maximum Gasteiger partial charge on any atom is 0.335 e. The fourth-order valence-electron chi connectivity index (χ4n) is 2.06. The van der Waals surface area contributed by atoms with E-state index in [-0.39, 0.29) is 17.3 Å². The highest BCUT2D eigenvalue weighted by Gasteiger charge is 2.27. The van der Waals surface area contributed by atoms with Crippen LogP contribution < -0.4 is 0 Å². The molecule has 0 spiro atoms. The molecular formula is C11H9N5O3. The van der Waals surface area contributed by atoms with Gasteiger partial charge >= 0.3 is 5.97 Å². The van der Waals surface area contributed by atoms with E-state index < -0.39 is 5.97 Å². The highest BCUT2D eigenvalue weighted by molar-refractivity contribution is 5.91. The number of rotatable bonds is 2. The van der Waals surface area contributed by atoms with Crippen molar-refractivity contribution in [1.82, 2.24) is 25.5 Å². The zero-order valence-corrected chi connectivity index (χ0v) is 9.70. The van der Waals surface area contributed by atoms with E-state index in [0.717, 1.165) is 11.1 Å². The Morgan fingerprint density at radius 1 is 1.26 bits per heavy atom. The summed E-state index contributed by atoms with van der Waals surface area (Å²) in [6.45, 7) is 0.770. The first-order chi connectivity index (χ1) is 9.15. The van der Waals surface area contributed by atoms with E-state index in [9.17, 15) is 9.59 Å². The van der Waals surface area contributed by atoms with Crippen molar-refractivity contribution in [2.24, 2.45) is 0 Å². The average molecular weight is 259 g/mol. The van der Waals surface area contributed by atoms with E-state index >= 15 is 0 Å². The van der Waals surface area contributed by atoms with Crippen molar-refractivity contribution < 1.29 is 14.7 Å². The van der Waals surface area contributed by atoms with Crippen LogP contribution in [0.4, 0.5) is 0 Å². The van der Waals surface area contributed by atoms with Gasteiger partial charge in [-0.2, -0.15) is 5.21 Å². The number of carbonyl (C=O) groups is 2. The molecule has 0 radical (unpaired) electrons. The number of aromatic amines is 1. The van der Waals surface area contributed by atoms with Crippen LogP contribution >= 0.6 is 0 Å². The zero-order valence-electron chi connectivity index (χ0n) is 9.70. The van der Waals surface area contributed by atoms with Crippen LogP contribution in [0.1, 0.15) is 32.1 Å². The second-order valence-electron chi connectivity index (χ2n) is 4.19. The maximum atomic E-state index is 12.0. The molecule has 8 nitrogen and oxygen atoms in total. The molecule has 1 amide bonds. The van der Waals surface area contributed by atoms with E-state index in [0.29, 0.717) is 13.1 Å². The first kappa shape index (κ1) is 11.3. The van der Waals surface area contributed by atoms with Crippen LogP contribution in [-0.2, 0) is 13.1 Å². The first-order valence-electron chi connectivity index (χ1n) is 5.53. The molecule has 1 aromatic carbocycles. The summed E-state index contributed by atoms with van der Waals surface area (Å²) in [5, 5.41) is 21.8. The number of aromatic nitrogens is 4. The van der Waals surface area contributed by atoms with Crippen LogP contribution in [0, 0.1) is 0 Å². The van der Waals surface area contributed by atoms with Crippen LogP contribution in [-0.4, -0.2) is 42.5 Å². The Labute approximate surface area is 107 Å². The Balaban J connectivity index is 1.84. The third-order valence-corrected chi connectivity index (χ3v) is 3.00. The van der Waals surface area contributed by atoms with Gasteiger partial charge in [-0.15, -0.1) is 10.2 Å². The van der Waals surface area contributed by atoms with Gasteiger partial charge in [0.15, 0.2) is 0 Å². The number of hydrogen-bond donors (Lipinski definition) is 2. The summed E-state index contributed by atoms with van der Waals surface area (Å²) in [4.78, 5) is 24.5. The predicted octanol–water partition coefficient (Wildman–Crippen LogP) is 0.0539. The van der Waals surface area contributed by atoms with Crippen molar-refractivity contribution in [3.63, 3.8) is 0 Å². The standard InChI is InChI=1S/C11H9N5O3/c17-10(9-12-14-15-13-9)16-4-7-2-1-6(11(18)19)3-8(7)5-16/h1-3H,4-5H2,(H,18,19)(H,12,13,14,15). The molecule has 0 atom stereocenters. The summed E-state index contributed by atoms with van der Waals surface area (Å²) in [6, 6.07) is 4.84. The molecule has 0 fully saturated rings. The minimum Gasteiger partial charge on any atom is -0.478 e. The normalized spacial score (nSPS) is 13.4. The highest BCUT2D eigenvalue weighted by atomic mass is 16.4. The Hall–Kier alpha value is -2.77. The number of nitrogens with one attached hydrogen (secondary N) is 1. The number of H-pyrrole nitrogens is 1. The first-order valence-corrected chi connectivity index (χ1v) is 5.53. The molecule has 1 aromatic heterocycles. The summed E-state index contributed by atoms with van der Waals surface area (Å²) < 4.78 is 0. The van der Waals surface area contributed by atoms with Crippen LogP contribution in [0.3, 0.4) is 0 Å². The predicted molar refractivity (Wildman–Crippen MR) is 61.2 cm³/mol. The van der Waals surface area contributed by atoms with Gasteiger partial charge < -0.3 is 10.0 Å². The van der Waals surface area contributed by atoms with Gasteiger partial charge in [0.05, 0.1) is 5.56 Å². The van der Waals surface area contributed by atoms with Crippen LogP contribution in [0.2, 0.25) is 0 Å². The van der Waals surface area contributed by atoms with E-state index in [2.05, 4.69) is 20.6 Å². The van der Waals surface area contributed by atoms with Gasteiger partial charge in [-0.05, 0) is 28.5 Å². The fraction of sp³-hybridized carbons (Fsp3) is 0.182. The lowest BCUT2D eigenvalue weighted by Crippen LogP contribution is -2.26. The van der Waals surface area contributed by atoms with Gasteiger partial charge in [0.1, 0.15) is 0 Å². The number of tetrazole rings is 1. The van der Waals surface area contributed by atoms with Crippen molar-refractivity contribution >= 4 is 11.9 Å². The van der Waals surface area contributed by atoms with Crippen LogP contribution in [0.5, 0.6) is 0 Å². The molecule has 3 rings (SSSR count). The summed E-state index contributed by atoms with van der Waals surface area (Å²) in [5.74, 6) is -1.31. The lowest BCUT2D eigenvalue weighted by atomic mass is 10.1. The summed E-state index contributed by atoms with van der Waals surface area (Å²) in [7, 11) is 0. The number of nitrogens with zero attached hydrogens (tertiary/aromatic N) is 4. The lowest BCUT2D eigenvalue weighted by molar-refractivity contribution is 0.0696. The number of carboxylic acid groups (broad SMARTS) is 1. The van der Waals surface area contributed by atoms with Crippen molar-refractivity contribution in [3.8, 4) is 0 Å². The van der Waals surface area contributed by atoms with Crippen molar-refractivity contribution in [2.75, 3.05) is 0 Å². The summed E-state index contributed by atoms with van der Waals surface area (Å²) >= 11 is 0. The molecule has 19 heavy (non-hydrogen) atoms. The zero-order chi connectivity index (χ0) is 13.4. The number of hydrogen-bond acceptors (Lipinski definition) is 5. The highest BCUT2D eigenvalue weighted by Crippen LogP contribution is 2.24. The summed E-state index contributed by atoms with van der Waals surface area (Å²) in [6.07, 6.45) is 0. The van der Waals surface area contributed by atoms with Crippen molar-refractivity contribution in [1.29, 1.82) is 0 Å². The van der Waals surface area contributed by atoms with Gasteiger partial charge in [-0.1, -0.05) is 6.07 Å². The molecule has 0 bridgehead atoms. The number of amides is 1. The van der Waals surface area contributed by atoms with Crippen molar-refractivity contribution in [3.05, 3.63) is 40.7 Å². The van der Waals surface area contributed by atoms with Gasteiger partial charge in [-0.3, -0.25) is 4.79 Å². The van der Waals surface area contributed by atoms with Gasteiger partial charge in [-0.25, -0.2) is 4.79 Å². The smallest absolute Gasteiger partial charge is 0.335 e. The maximum absolute atomic E-state index is 12.0. The monoisotopic (exact) mass is 259 g/mol. The van der Waals surface area contributed by atoms with Gasteiger partial charge in [0.2, 0.25) is 0 Å². The van der Waals surface area contributed by atoms with E-state index in [1.165, 1.54) is 6.07 Å². The average Bonchev–Trinajstić information content (AvgIpc) is 3.06. The van der Waals surface area contributed by atoms with Gasteiger partial charge in [0.25, 0.3) is 11.7 Å². The Bertz CT molecular complexity index is 652. The molecule has 0 unspecified atom stereocenters. The topological polar surface area (TPSA) is 112 Å². The number of fused-ring (bicyclic) bond motifs is 1. The van der Waals surface area contributed by atoms with E-state index in [1.54, 1.807) is 17.0 Å². The number of carbonyl (C=O) groups excluding carboxylic acids is 1. The quantitative estimate of drug-likeness (QED) is 0.788. The Morgan fingerprint density at radius 2 is 2.05 bits per heavy atom. The molecule has 8 heteroatoms. The molecule has 96 valence electrons. The molecule has 2 heterocycles. The molecule has 1 aliphatic heterocycles. The van der Waals surface area contributed by atoms with Crippen LogP contribution in [0.15, 0.2) is 18.2 Å². The number of benzene rings is 1. The largest absolute Gasteiger partial charge is 0.478 e. The Morgan fingerprint density at radius 3 is 2.74 bits per heavy atom. The second-order valence-corrected chi connectivity index (χ2v) is 4.19. The molecule has 2 N–H and O–H groups in total.